The van der Waals surface area contributed by atoms with Crippen LogP contribution in [0.1, 0.15) is 13.3 Å². The lowest BCUT2D eigenvalue weighted by Gasteiger charge is -2.13. The van der Waals surface area contributed by atoms with E-state index in [0.29, 0.717) is 6.61 Å². The molecule has 17 heavy (non-hydrogen) atoms. The Morgan fingerprint density at radius 2 is 2.06 bits per heavy atom. The van der Waals surface area contributed by atoms with Gasteiger partial charge >= 0.3 is 12.0 Å². The highest BCUT2D eigenvalue weighted by atomic mass is 16.5. The van der Waals surface area contributed by atoms with E-state index < -0.39 is 5.97 Å². The van der Waals surface area contributed by atoms with Crippen molar-refractivity contribution in [3.05, 3.63) is 0 Å². The summed E-state index contributed by atoms with van der Waals surface area (Å²) in [6, 6.07) is -0.276. The third-order valence-electron chi connectivity index (χ3n) is 1.89. The zero-order valence-corrected chi connectivity index (χ0v) is 10.2. The van der Waals surface area contributed by atoms with Crippen molar-refractivity contribution in [2.75, 3.05) is 33.5 Å². The number of carbonyl (C=O) groups excluding carboxylic acids is 1. The number of carboxylic acids is 1. The maximum absolute atomic E-state index is 11.3. The van der Waals surface area contributed by atoms with E-state index in [9.17, 15) is 9.59 Å². The van der Waals surface area contributed by atoms with Crippen LogP contribution in [0.5, 0.6) is 0 Å². The number of amides is 2. The number of carbonyl (C=O) groups is 2. The van der Waals surface area contributed by atoms with Crippen LogP contribution in [0.25, 0.3) is 0 Å². The molecular formula is C10H20N2O5. The Balaban J connectivity index is 3.42. The smallest absolute Gasteiger partial charge is 0.329 e. The highest BCUT2D eigenvalue weighted by molar-refractivity contribution is 5.74. The number of rotatable bonds is 9. The van der Waals surface area contributed by atoms with Gasteiger partial charge in [-0.25, -0.2) is 9.59 Å². The molecule has 0 heterocycles. The van der Waals surface area contributed by atoms with Crippen molar-refractivity contribution in [1.82, 2.24) is 10.6 Å². The molecule has 0 aromatic heterocycles. The van der Waals surface area contributed by atoms with Gasteiger partial charge in [0.25, 0.3) is 0 Å². The predicted octanol–water partition coefficient (Wildman–Crippen LogP) is -0.188. The third kappa shape index (κ3) is 10.9. The minimum absolute atomic E-state index is 0.0230. The molecule has 3 N–H and O–H groups in total. The number of urea groups is 1. The summed E-state index contributed by atoms with van der Waals surface area (Å²) in [5, 5.41) is 13.6. The Hall–Kier alpha value is -1.34. The van der Waals surface area contributed by atoms with Crippen LogP contribution in [0.15, 0.2) is 0 Å². The molecule has 0 rings (SSSR count). The summed E-state index contributed by atoms with van der Waals surface area (Å²) >= 11 is 0. The van der Waals surface area contributed by atoms with Crippen LogP contribution >= 0.6 is 0 Å². The van der Waals surface area contributed by atoms with E-state index in [1.165, 1.54) is 0 Å². The van der Waals surface area contributed by atoms with E-state index in [1.807, 2.05) is 6.92 Å². The predicted molar refractivity (Wildman–Crippen MR) is 60.9 cm³/mol. The van der Waals surface area contributed by atoms with Gasteiger partial charge in [-0.1, -0.05) is 0 Å². The molecule has 0 saturated heterocycles. The van der Waals surface area contributed by atoms with E-state index in [-0.39, 0.29) is 31.8 Å². The first kappa shape index (κ1) is 15.7. The first-order valence-electron chi connectivity index (χ1n) is 5.39. The topological polar surface area (TPSA) is 96.9 Å². The van der Waals surface area contributed by atoms with Gasteiger partial charge in [0.15, 0.2) is 0 Å². The molecule has 1 unspecified atom stereocenters. The summed E-state index contributed by atoms with van der Waals surface area (Å²) in [5.74, 6) is -1.03. The van der Waals surface area contributed by atoms with Gasteiger partial charge in [0.1, 0.15) is 6.61 Å². The van der Waals surface area contributed by atoms with Gasteiger partial charge in [0.2, 0.25) is 0 Å². The van der Waals surface area contributed by atoms with Crippen molar-refractivity contribution >= 4 is 12.0 Å². The van der Waals surface area contributed by atoms with Crippen LogP contribution in [0.4, 0.5) is 4.79 Å². The lowest BCUT2D eigenvalue weighted by atomic mass is 10.2. The third-order valence-corrected chi connectivity index (χ3v) is 1.89. The molecular weight excluding hydrogens is 228 g/mol. The van der Waals surface area contributed by atoms with Gasteiger partial charge in [-0.05, 0) is 13.3 Å². The molecule has 0 aliphatic heterocycles. The van der Waals surface area contributed by atoms with E-state index >= 15 is 0 Å². The molecule has 0 radical (unpaired) electrons. The molecule has 0 aromatic carbocycles. The van der Waals surface area contributed by atoms with Crippen LogP contribution < -0.4 is 10.6 Å². The fraction of sp³-hybridized carbons (Fsp3) is 0.800. The number of nitrogens with one attached hydrogen (secondary N) is 2. The second-order valence-corrected chi connectivity index (χ2v) is 3.53. The zero-order valence-electron chi connectivity index (χ0n) is 10.2. The van der Waals surface area contributed by atoms with Gasteiger partial charge in [0, 0.05) is 26.3 Å². The SMILES string of the molecule is COCCC(C)NC(=O)NCCOCC(=O)O. The quantitative estimate of drug-likeness (QED) is 0.491. The Morgan fingerprint density at radius 3 is 2.65 bits per heavy atom. The molecule has 7 nitrogen and oxygen atoms in total. The monoisotopic (exact) mass is 248 g/mol. The Kier molecular flexibility index (Phi) is 9.08. The Bertz CT molecular complexity index is 235. The molecule has 7 heteroatoms. The molecule has 1 atom stereocenters. The fourth-order valence-corrected chi connectivity index (χ4v) is 1.04. The van der Waals surface area contributed by atoms with E-state index in [4.69, 9.17) is 14.6 Å². The van der Waals surface area contributed by atoms with Crippen molar-refractivity contribution in [2.45, 2.75) is 19.4 Å². The van der Waals surface area contributed by atoms with Gasteiger partial charge < -0.3 is 25.2 Å². The van der Waals surface area contributed by atoms with E-state index in [2.05, 4.69) is 10.6 Å². The highest BCUT2D eigenvalue weighted by Gasteiger charge is 2.05. The standard InChI is InChI=1S/C10H20N2O5/c1-8(3-5-16-2)12-10(15)11-4-6-17-7-9(13)14/h8H,3-7H2,1-2H3,(H,13,14)(H2,11,12,15). The maximum Gasteiger partial charge on any atom is 0.329 e. The van der Waals surface area contributed by atoms with E-state index in [0.717, 1.165) is 6.42 Å². The molecule has 0 spiro atoms. The van der Waals surface area contributed by atoms with Crippen LogP contribution in [0, 0.1) is 0 Å². The van der Waals surface area contributed by atoms with Gasteiger partial charge in [-0.15, -0.1) is 0 Å². The average Bonchev–Trinajstić information content (AvgIpc) is 2.25. The summed E-state index contributed by atoms with van der Waals surface area (Å²) in [7, 11) is 1.60. The number of ether oxygens (including phenoxy) is 2. The molecule has 0 bridgehead atoms. The highest BCUT2D eigenvalue weighted by Crippen LogP contribution is 1.89. The molecule has 0 aromatic rings. The van der Waals surface area contributed by atoms with Crippen molar-refractivity contribution in [3.8, 4) is 0 Å². The van der Waals surface area contributed by atoms with Crippen molar-refractivity contribution in [1.29, 1.82) is 0 Å². The summed E-state index contributed by atoms with van der Waals surface area (Å²) in [6.45, 7) is 2.55. The molecule has 0 fully saturated rings. The minimum atomic E-state index is -1.03. The number of carboxylic acid groups (broad SMARTS) is 1. The lowest BCUT2D eigenvalue weighted by Crippen LogP contribution is -2.42. The second kappa shape index (κ2) is 9.86. The number of hydrogen-bond acceptors (Lipinski definition) is 4. The van der Waals surface area contributed by atoms with Gasteiger partial charge in [0.05, 0.1) is 6.61 Å². The van der Waals surface area contributed by atoms with E-state index in [1.54, 1.807) is 7.11 Å². The van der Waals surface area contributed by atoms with Crippen LogP contribution in [-0.2, 0) is 14.3 Å². The Labute approximate surface area is 100 Å². The largest absolute Gasteiger partial charge is 0.480 e. The molecule has 0 aliphatic rings. The van der Waals surface area contributed by atoms with Gasteiger partial charge in [-0.3, -0.25) is 0 Å². The normalized spacial score (nSPS) is 11.9. The number of hydrogen-bond donors (Lipinski definition) is 3. The molecule has 0 saturated carbocycles. The summed E-state index contributed by atoms with van der Waals surface area (Å²) in [5.41, 5.74) is 0. The molecule has 0 aliphatic carbocycles. The van der Waals surface area contributed by atoms with Crippen molar-refractivity contribution < 1.29 is 24.2 Å². The summed E-state index contributed by atoms with van der Waals surface area (Å²) in [6.07, 6.45) is 0.736. The molecule has 100 valence electrons. The number of aliphatic carboxylic acids is 1. The van der Waals surface area contributed by atoms with Crippen LogP contribution in [0.2, 0.25) is 0 Å². The van der Waals surface area contributed by atoms with Crippen LogP contribution in [0.3, 0.4) is 0 Å². The van der Waals surface area contributed by atoms with Gasteiger partial charge in [-0.2, -0.15) is 0 Å². The lowest BCUT2D eigenvalue weighted by molar-refractivity contribution is -0.142. The first-order valence-corrected chi connectivity index (χ1v) is 5.39. The maximum atomic E-state index is 11.3. The minimum Gasteiger partial charge on any atom is -0.480 e. The van der Waals surface area contributed by atoms with Crippen molar-refractivity contribution in [3.63, 3.8) is 0 Å². The Morgan fingerprint density at radius 1 is 1.35 bits per heavy atom. The first-order chi connectivity index (χ1) is 8.06. The summed E-state index contributed by atoms with van der Waals surface area (Å²) < 4.78 is 9.64. The van der Waals surface area contributed by atoms with Crippen molar-refractivity contribution in [2.24, 2.45) is 0 Å². The second-order valence-electron chi connectivity index (χ2n) is 3.53. The fourth-order valence-electron chi connectivity index (χ4n) is 1.04. The van der Waals surface area contributed by atoms with Crippen LogP contribution in [-0.4, -0.2) is 56.6 Å². The zero-order chi connectivity index (χ0) is 13.1. The average molecular weight is 248 g/mol. The molecule has 2 amide bonds. The number of methoxy groups -OCH3 is 1. The summed E-state index contributed by atoms with van der Waals surface area (Å²) in [4.78, 5) is 21.4.